The van der Waals surface area contributed by atoms with Gasteiger partial charge in [-0.3, -0.25) is 4.57 Å². The maximum absolute atomic E-state index is 10.7. The fourth-order valence-corrected chi connectivity index (χ4v) is 1.97. The number of ether oxygens (including phenoxy) is 2. The van der Waals surface area contributed by atoms with Gasteiger partial charge in [-0.2, -0.15) is 0 Å². The minimum atomic E-state index is -4.43. The van der Waals surface area contributed by atoms with Crippen LogP contribution in [0.4, 0.5) is 0 Å². The molecule has 0 bridgehead atoms. The molecule has 1 rings (SSSR count). The van der Waals surface area contributed by atoms with E-state index in [0.717, 1.165) is 6.08 Å². The van der Waals surface area contributed by atoms with Crippen LogP contribution in [0.25, 0.3) is 0 Å². The summed E-state index contributed by atoms with van der Waals surface area (Å²) in [6, 6.07) is 0. The van der Waals surface area contributed by atoms with Crippen molar-refractivity contribution in [3.63, 3.8) is 0 Å². The third-order valence-corrected chi connectivity index (χ3v) is 3.12. The maximum atomic E-state index is 10.7. The van der Waals surface area contributed by atoms with E-state index in [2.05, 4.69) is 4.84 Å². The van der Waals surface area contributed by atoms with Crippen molar-refractivity contribution in [3.8, 4) is 0 Å². The second kappa shape index (κ2) is 7.57. The molecular weight excluding hydrogens is 297 g/mol. The van der Waals surface area contributed by atoms with Gasteiger partial charge in [0.15, 0.2) is 6.29 Å². The van der Waals surface area contributed by atoms with E-state index in [1.807, 2.05) is 0 Å². The van der Waals surface area contributed by atoms with E-state index >= 15 is 0 Å². The average Bonchev–Trinajstić information content (AvgIpc) is 2.36. The normalized spacial score (nSPS) is 35.6. The molecule has 20 heavy (non-hydrogen) atoms. The number of rotatable bonds is 6. The van der Waals surface area contributed by atoms with E-state index in [9.17, 15) is 19.9 Å². The quantitative estimate of drug-likeness (QED) is 0.173. The molecule has 1 fully saturated rings. The first-order chi connectivity index (χ1) is 9.26. The molecule has 0 saturated carbocycles. The topological polar surface area (TPSA) is 172 Å². The summed E-state index contributed by atoms with van der Waals surface area (Å²) in [5.74, 6) is 5.31. The first-order valence-electron chi connectivity index (χ1n) is 5.64. The molecule has 0 aromatic heterocycles. The molecule has 10 nitrogen and oxygen atoms in total. The van der Waals surface area contributed by atoms with Gasteiger partial charge < -0.3 is 39.4 Å². The highest BCUT2D eigenvalue weighted by molar-refractivity contribution is 7.55. The van der Waals surface area contributed by atoms with Crippen LogP contribution in [0.3, 0.4) is 0 Å². The van der Waals surface area contributed by atoms with Crippen LogP contribution in [-0.4, -0.2) is 69.0 Å². The smallest absolute Gasteiger partial charge is 0.348 e. The summed E-state index contributed by atoms with van der Waals surface area (Å²) in [5, 5.41) is 28.9. The van der Waals surface area contributed by atoms with Gasteiger partial charge in [0.05, 0.1) is 13.2 Å². The molecule has 118 valence electrons. The Morgan fingerprint density at radius 1 is 1.15 bits per heavy atom. The van der Waals surface area contributed by atoms with Crippen LogP contribution in [-0.2, 0) is 18.9 Å². The molecule has 1 aliphatic rings. The van der Waals surface area contributed by atoms with Crippen molar-refractivity contribution in [2.75, 3.05) is 13.2 Å². The standard InChI is InChI=1S/C9H18NO9P/c10-18-3-2-17-9-8(13)7(12)6(11)5(19-9)1-4-20(14,15)16/h1,4-9,11-13H,2-3,10H2,(H2,14,15,16)/b4-1+/t5-,6-,7+,8+,9+/m1/s1. The second-order valence-electron chi connectivity index (χ2n) is 4.11. The number of hydrogen-bond donors (Lipinski definition) is 6. The van der Waals surface area contributed by atoms with Gasteiger partial charge in [0, 0.05) is 5.82 Å². The molecule has 0 aromatic rings. The van der Waals surface area contributed by atoms with Crippen LogP contribution in [0, 0.1) is 0 Å². The molecule has 0 unspecified atom stereocenters. The first-order valence-corrected chi connectivity index (χ1v) is 7.32. The van der Waals surface area contributed by atoms with Crippen LogP contribution >= 0.6 is 7.60 Å². The lowest BCUT2D eigenvalue weighted by Gasteiger charge is -2.39. The van der Waals surface area contributed by atoms with E-state index in [0.29, 0.717) is 5.82 Å². The van der Waals surface area contributed by atoms with Gasteiger partial charge in [-0.25, -0.2) is 5.90 Å². The fraction of sp³-hybridized carbons (Fsp3) is 0.778. The summed E-state index contributed by atoms with van der Waals surface area (Å²) < 4.78 is 20.9. The van der Waals surface area contributed by atoms with Gasteiger partial charge in [0.1, 0.15) is 24.4 Å². The number of hydrogen-bond acceptors (Lipinski definition) is 8. The molecule has 11 heteroatoms. The molecule has 7 N–H and O–H groups in total. The molecule has 0 aliphatic carbocycles. The van der Waals surface area contributed by atoms with Crippen molar-refractivity contribution in [3.05, 3.63) is 11.9 Å². The highest BCUT2D eigenvalue weighted by atomic mass is 31.2. The van der Waals surface area contributed by atoms with E-state index in [-0.39, 0.29) is 13.2 Å². The van der Waals surface area contributed by atoms with Crippen LogP contribution in [0.2, 0.25) is 0 Å². The van der Waals surface area contributed by atoms with Crippen LogP contribution in [0.5, 0.6) is 0 Å². The Balaban J connectivity index is 2.70. The lowest BCUT2D eigenvalue weighted by Crippen LogP contribution is -2.57. The molecule has 1 heterocycles. The predicted molar refractivity (Wildman–Crippen MR) is 64.0 cm³/mol. The second-order valence-corrected chi connectivity index (χ2v) is 5.59. The van der Waals surface area contributed by atoms with Gasteiger partial charge in [-0.05, 0) is 6.08 Å². The van der Waals surface area contributed by atoms with E-state index in [1.54, 1.807) is 0 Å². The number of nitrogens with two attached hydrogens (primary N) is 1. The first kappa shape index (κ1) is 17.7. The Bertz CT molecular complexity index is 372. The van der Waals surface area contributed by atoms with Crippen LogP contribution < -0.4 is 5.90 Å². The molecule has 5 atom stereocenters. The van der Waals surface area contributed by atoms with Crippen molar-refractivity contribution < 1.29 is 44.0 Å². The largest absolute Gasteiger partial charge is 0.387 e. The van der Waals surface area contributed by atoms with Crippen LogP contribution in [0.1, 0.15) is 0 Å². The van der Waals surface area contributed by atoms with Crippen molar-refractivity contribution in [1.29, 1.82) is 0 Å². The van der Waals surface area contributed by atoms with Gasteiger partial charge in [-0.1, -0.05) is 0 Å². The molecule has 0 aromatic carbocycles. The lowest BCUT2D eigenvalue weighted by atomic mass is 9.99. The summed E-state index contributed by atoms with van der Waals surface area (Å²) in [5.41, 5.74) is 0. The van der Waals surface area contributed by atoms with E-state index < -0.39 is 38.3 Å². The highest BCUT2D eigenvalue weighted by Crippen LogP contribution is 2.37. The summed E-state index contributed by atoms with van der Waals surface area (Å²) in [7, 11) is -4.43. The SMILES string of the molecule is NOCCO[C@H]1O[C@H](/C=C/P(=O)(O)O)[C@@H](O)[C@H](O)[C@@H]1O. The van der Waals surface area contributed by atoms with Gasteiger partial charge in [0.25, 0.3) is 0 Å². The zero-order valence-electron chi connectivity index (χ0n) is 10.3. The Kier molecular flexibility index (Phi) is 6.69. The average molecular weight is 315 g/mol. The predicted octanol–water partition coefficient (Wildman–Crippen LogP) is -2.61. The van der Waals surface area contributed by atoms with Crippen molar-refractivity contribution in [2.24, 2.45) is 5.90 Å². The van der Waals surface area contributed by atoms with Crippen molar-refractivity contribution in [2.45, 2.75) is 30.7 Å². The molecular formula is C9H18NO9P. The molecule has 0 amide bonds. The van der Waals surface area contributed by atoms with E-state index in [1.165, 1.54) is 0 Å². The van der Waals surface area contributed by atoms with E-state index in [4.69, 9.17) is 25.2 Å². The van der Waals surface area contributed by atoms with Gasteiger partial charge in [0.2, 0.25) is 0 Å². The Morgan fingerprint density at radius 3 is 2.35 bits per heavy atom. The van der Waals surface area contributed by atoms with Crippen LogP contribution in [0.15, 0.2) is 11.9 Å². The minimum Gasteiger partial charge on any atom is -0.387 e. The summed E-state index contributed by atoms with van der Waals surface area (Å²) >= 11 is 0. The van der Waals surface area contributed by atoms with Gasteiger partial charge in [-0.15, -0.1) is 0 Å². The summed E-state index contributed by atoms with van der Waals surface area (Å²) in [6.07, 6.45) is -6.32. The van der Waals surface area contributed by atoms with Crippen molar-refractivity contribution in [1.82, 2.24) is 0 Å². The zero-order valence-corrected chi connectivity index (χ0v) is 11.2. The van der Waals surface area contributed by atoms with Gasteiger partial charge >= 0.3 is 7.60 Å². The third kappa shape index (κ3) is 5.19. The molecule has 0 spiro atoms. The Morgan fingerprint density at radius 2 is 1.80 bits per heavy atom. The molecule has 1 saturated heterocycles. The minimum absolute atomic E-state index is 0.00815. The maximum Gasteiger partial charge on any atom is 0.348 e. The Labute approximate surface area is 114 Å². The number of aliphatic hydroxyl groups is 3. The summed E-state index contributed by atoms with van der Waals surface area (Å²) in [4.78, 5) is 21.7. The molecule has 0 radical (unpaired) electrons. The fourth-order valence-electron chi connectivity index (χ4n) is 1.58. The Hall–Kier alpha value is -0.390. The summed E-state index contributed by atoms with van der Waals surface area (Å²) in [6.45, 7) is -0.0375. The monoisotopic (exact) mass is 315 g/mol. The van der Waals surface area contributed by atoms with Crippen molar-refractivity contribution >= 4 is 7.60 Å². The zero-order chi connectivity index (χ0) is 15.3. The molecule has 1 aliphatic heterocycles. The highest BCUT2D eigenvalue weighted by Gasteiger charge is 2.43. The third-order valence-electron chi connectivity index (χ3n) is 2.56. The number of aliphatic hydroxyl groups excluding tert-OH is 3. The lowest BCUT2D eigenvalue weighted by molar-refractivity contribution is -0.289.